The van der Waals surface area contributed by atoms with Gasteiger partial charge >= 0.3 is 0 Å². The normalized spacial score (nSPS) is 11.7. The average Bonchev–Trinajstić information content (AvgIpc) is 3.00. The summed E-state index contributed by atoms with van der Waals surface area (Å²) in [4.78, 5) is 27.1. The number of carbonyl (C=O) groups is 2. The van der Waals surface area contributed by atoms with Gasteiger partial charge in [-0.3, -0.25) is 14.3 Å². The summed E-state index contributed by atoms with van der Waals surface area (Å²) in [5.74, 6) is 0.883. The van der Waals surface area contributed by atoms with Crippen LogP contribution in [-0.2, 0) is 22.1 Å². The molecule has 1 aromatic rings. The molecular weight excluding hydrogens is 376 g/mol. The second-order valence-electron chi connectivity index (χ2n) is 9.88. The van der Waals surface area contributed by atoms with Gasteiger partial charge in [0.15, 0.2) is 0 Å². The minimum atomic E-state index is -0.174. The molecule has 1 N–H and O–H groups in total. The van der Waals surface area contributed by atoms with E-state index in [1.165, 1.54) is 32.1 Å². The van der Waals surface area contributed by atoms with Crippen molar-refractivity contribution in [1.29, 1.82) is 0 Å². The number of nitrogens with zero attached hydrogens (tertiary/aromatic N) is 3. The van der Waals surface area contributed by atoms with E-state index in [-0.39, 0.29) is 23.8 Å². The number of nitrogens with one attached hydrogen (secondary N) is 1. The highest BCUT2D eigenvalue weighted by Crippen LogP contribution is 2.23. The van der Waals surface area contributed by atoms with Gasteiger partial charge in [0, 0.05) is 31.5 Å². The highest BCUT2D eigenvalue weighted by Gasteiger charge is 2.22. The van der Waals surface area contributed by atoms with Crippen LogP contribution in [0.3, 0.4) is 0 Å². The molecule has 172 valence electrons. The third-order valence-corrected chi connectivity index (χ3v) is 5.18. The van der Waals surface area contributed by atoms with Gasteiger partial charge in [0.05, 0.1) is 12.2 Å². The lowest BCUT2D eigenvalue weighted by molar-refractivity contribution is -0.135. The van der Waals surface area contributed by atoms with E-state index in [0.717, 1.165) is 18.5 Å². The van der Waals surface area contributed by atoms with E-state index in [0.29, 0.717) is 24.7 Å². The van der Waals surface area contributed by atoms with Crippen molar-refractivity contribution in [3.63, 3.8) is 0 Å². The Morgan fingerprint density at radius 1 is 1.10 bits per heavy atom. The molecule has 0 aliphatic carbocycles. The zero-order valence-corrected chi connectivity index (χ0v) is 20.4. The Bertz CT molecular complexity index is 659. The number of amides is 2. The summed E-state index contributed by atoms with van der Waals surface area (Å²) in [7, 11) is 1.82. The molecular formula is C24H44N4O2. The number of aromatic nitrogens is 2. The number of hydrogen-bond donors (Lipinski definition) is 1. The second kappa shape index (κ2) is 12.8. The Labute approximate surface area is 183 Å². The molecule has 0 spiro atoms. The number of carbonyl (C=O) groups excluding carboxylic acids is 2. The molecule has 0 saturated heterocycles. The lowest BCUT2D eigenvalue weighted by Gasteiger charge is -2.24. The second-order valence-corrected chi connectivity index (χ2v) is 9.88. The van der Waals surface area contributed by atoms with Crippen molar-refractivity contribution in [2.75, 3.05) is 18.4 Å². The first-order valence-corrected chi connectivity index (χ1v) is 11.7. The third kappa shape index (κ3) is 9.77. The Hall–Kier alpha value is -1.85. The highest BCUT2D eigenvalue weighted by molar-refractivity contribution is 5.94. The van der Waals surface area contributed by atoms with Crippen molar-refractivity contribution in [2.24, 2.45) is 13.0 Å². The van der Waals surface area contributed by atoms with Gasteiger partial charge < -0.3 is 10.2 Å². The first kappa shape index (κ1) is 26.2. The molecule has 1 aromatic heterocycles. The zero-order valence-electron chi connectivity index (χ0n) is 20.4. The van der Waals surface area contributed by atoms with Crippen molar-refractivity contribution in [3.8, 4) is 0 Å². The predicted molar refractivity (Wildman–Crippen MR) is 125 cm³/mol. The molecule has 0 fully saturated rings. The Kier molecular flexibility index (Phi) is 11.1. The van der Waals surface area contributed by atoms with Crippen LogP contribution in [0.4, 0.5) is 5.82 Å². The summed E-state index contributed by atoms with van der Waals surface area (Å²) in [6, 6.07) is 1.91. The molecule has 0 aliphatic heterocycles. The van der Waals surface area contributed by atoms with Crippen molar-refractivity contribution in [2.45, 2.75) is 98.3 Å². The van der Waals surface area contributed by atoms with Crippen molar-refractivity contribution in [1.82, 2.24) is 14.7 Å². The third-order valence-electron chi connectivity index (χ3n) is 5.18. The first-order chi connectivity index (χ1) is 14.0. The predicted octanol–water partition coefficient (Wildman–Crippen LogP) is 5.28. The van der Waals surface area contributed by atoms with E-state index < -0.39 is 0 Å². The fraction of sp³-hybridized carbons (Fsp3) is 0.792. The van der Waals surface area contributed by atoms with Crippen LogP contribution in [0.5, 0.6) is 0 Å². The van der Waals surface area contributed by atoms with Gasteiger partial charge in [-0.15, -0.1) is 0 Å². The Balaban J connectivity index is 2.57. The largest absolute Gasteiger partial charge is 0.333 e. The number of anilines is 1. The molecule has 0 saturated carbocycles. The molecule has 0 unspecified atom stereocenters. The van der Waals surface area contributed by atoms with E-state index >= 15 is 0 Å². The van der Waals surface area contributed by atoms with Gasteiger partial charge in [0.25, 0.3) is 0 Å². The van der Waals surface area contributed by atoms with Crippen molar-refractivity contribution in [3.05, 3.63) is 11.8 Å². The van der Waals surface area contributed by atoms with Crippen molar-refractivity contribution < 1.29 is 9.59 Å². The topological polar surface area (TPSA) is 67.2 Å². The van der Waals surface area contributed by atoms with Crippen LogP contribution < -0.4 is 5.32 Å². The molecule has 1 heterocycles. The van der Waals surface area contributed by atoms with Crippen LogP contribution in [0, 0.1) is 5.92 Å². The van der Waals surface area contributed by atoms with Crippen LogP contribution in [0.1, 0.15) is 98.6 Å². The Morgan fingerprint density at radius 2 is 1.70 bits per heavy atom. The minimum absolute atomic E-state index is 0.0767. The van der Waals surface area contributed by atoms with Crippen LogP contribution in [0.25, 0.3) is 0 Å². The highest BCUT2D eigenvalue weighted by atomic mass is 16.2. The smallest absolute Gasteiger partial charge is 0.245 e. The minimum Gasteiger partial charge on any atom is -0.333 e. The molecule has 0 radical (unpaired) electrons. The number of unbranched alkanes of at least 4 members (excludes halogenated alkanes) is 6. The van der Waals surface area contributed by atoms with Crippen LogP contribution in [0.2, 0.25) is 0 Å². The summed E-state index contributed by atoms with van der Waals surface area (Å²) >= 11 is 0. The summed E-state index contributed by atoms with van der Waals surface area (Å²) in [5, 5.41) is 7.42. The quantitative estimate of drug-likeness (QED) is 0.441. The van der Waals surface area contributed by atoms with E-state index in [1.54, 1.807) is 9.58 Å². The van der Waals surface area contributed by atoms with Gasteiger partial charge in [0.1, 0.15) is 5.82 Å². The molecule has 0 bridgehead atoms. The van der Waals surface area contributed by atoms with Crippen LogP contribution in [-0.4, -0.2) is 39.6 Å². The number of hydrogen-bond acceptors (Lipinski definition) is 3. The first-order valence-electron chi connectivity index (χ1n) is 11.7. The number of aryl methyl sites for hydroxylation is 1. The SMILES string of the molecule is CCCCCCCCCC(=O)N(CC(=O)Nc1cc(C(C)(C)C)nn1C)CC(C)C. The fourth-order valence-corrected chi connectivity index (χ4v) is 3.39. The van der Waals surface area contributed by atoms with Gasteiger partial charge in [-0.2, -0.15) is 5.10 Å². The van der Waals surface area contributed by atoms with Gasteiger partial charge in [-0.25, -0.2) is 0 Å². The van der Waals surface area contributed by atoms with Crippen LogP contribution in [0.15, 0.2) is 6.07 Å². The maximum atomic E-state index is 12.7. The lowest BCUT2D eigenvalue weighted by atomic mass is 9.92. The summed E-state index contributed by atoms with van der Waals surface area (Å²) in [5.41, 5.74) is 0.839. The summed E-state index contributed by atoms with van der Waals surface area (Å²) in [6.07, 6.45) is 8.78. The van der Waals surface area contributed by atoms with E-state index in [1.807, 2.05) is 13.1 Å². The van der Waals surface area contributed by atoms with Gasteiger partial charge in [-0.05, 0) is 12.3 Å². The molecule has 1 rings (SSSR count). The molecule has 6 heteroatoms. The monoisotopic (exact) mass is 420 g/mol. The van der Waals surface area contributed by atoms with Crippen molar-refractivity contribution >= 4 is 17.6 Å². The van der Waals surface area contributed by atoms with E-state index in [2.05, 4.69) is 52.0 Å². The molecule has 6 nitrogen and oxygen atoms in total. The molecule has 0 atom stereocenters. The summed E-state index contributed by atoms with van der Waals surface area (Å²) in [6.45, 7) is 13.3. The Morgan fingerprint density at radius 3 is 2.23 bits per heavy atom. The summed E-state index contributed by atoms with van der Waals surface area (Å²) < 4.78 is 1.69. The molecule has 2 amide bonds. The van der Waals surface area contributed by atoms with E-state index in [4.69, 9.17) is 0 Å². The fourth-order valence-electron chi connectivity index (χ4n) is 3.39. The molecule has 0 aliphatic rings. The molecule has 0 aromatic carbocycles. The molecule has 30 heavy (non-hydrogen) atoms. The zero-order chi connectivity index (χ0) is 22.7. The lowest BCUT2D eigenvalue weighted by Crippen LogP contribution is -2.40. The average molecular weight is 421 g/mol. The van der Waals surface area contributed by atoms with Gasteiger partial charge in [0.2, 0.25) is 11.8 Å². The number of rotatable bonds is 13. The van der Waals surface area contributed by atoms with E-state index in [9.17, 15) is 9.59 Å². The maximum absolute atomic E-state index is 12.7. The van der Waals surface area contributed by atoms with Crippen LogP contribution >= 0.6 is 0 Å². The maximum Gasteiger partial charge on any atom is 0.245 e. The standard InChI is InChI=1S/C24H44N4O2/c1-8-9-10-11-12-13-14-15-23(30)28(17-19(2)3)18-22(29)25-21-16-20(24(4,5)6)26-27(21)7/h16,19H,8-15,17-18H2,1-7H3,(H,25,29). The van der Waals surface area contributed by atoms with Gasteiger partial charge in [-0.1, -0.05) is 80.1 Å².